The SMILES string of the molecule is CC(=O)N1CCCC1C(=O)Nc1ccccc1C(=O)NCCc1ccccc1. The van der Waals surface area contributed by atoms with Crippen LogP contribution in [0.5, 0.6) is 0 Å². The van der Waals surface area contributed by atoms with Crippen LogP contribution in [0.15, 0.2) is 54.6 Å². The van der Waals surface area contributed by atoms with Crippen molar-refractivity contribution in [1.82, 2.24) is 10.2 Å². The third kappa shape index (κ3) is 4.76. The van der Waals surface area contributed by atoms with Gasteiger partial charge in [-0.25, -0.2) is 0 Å². The lowest BCUT2D eigenvalue weighted by Crippen LogP contribution is -2.42. The minimum absolute atomic E-state index is 0.107. The van der Waals surface area contributed by atoms with Crippen molar-refractivity contribution in [2.45, 2.75) is 32.2 Å². The molecule has 6 heteroatoms. The lowest BCUT2D eigenvalue weighted by Gasteiger charge is -2.23. The van der Waals surface area contributed by atoms with Crippen LogP contribution < -0.4 is 10.6 Å². The molecule has 1 saturated heterocycles. The minimum atomic E-state index is -0.480. The largest absolute Gasteiger partial charge is 0.352 e. The van der Waals surface area contributed by atoms with Gasteiger partial charge < -0.3 is 15.5 Å². The highest BCUT2D eigenvalue weighted by Gasteiger charge is 2.32. The number of nitrogens with zero attached hydrogens (tertiary/aromatic N) is 1. The van der Waals surface area contributed by atoms with Crippen molar-refractivity contribution in [3.63, 3.8) is 0 Å². The van der Waals surface area contributed by atoms with Crippen LogP contribution in [-0.4, -0.2) is 41.8 Å². The summed E-state index contributed by atoms with van der Waals surface area (Å²) in [6.07, 6.45) is 2.17. The standard InChI is InChI=1S/C22H25N3O3/c1-16(26)25-15-7-12-20(25)22(28)24-19-11-6-5-10-18(19)21(27)23-14-13-17-8-3-2-4-9-17/h2-6,8-11,20H,7,12-15H2,1H3,(H,23,27)(H,24,28). The maximum Gasteiger partial charge on any atom is 0.253 e. The molecule has 2 N–H and O–H groups in total. The van der Waals surface area contributed by atoms with Gasteiger partial charge in [0.25, 0.3) is 5.91 Å². The van der Waals surface area contributed by atoms with Crippen molar-refractivity contribution >= 4 is 23.4 Å². The molecule has 3 rings (SSSR count). The molecule has 1 atom stereocenters. The molecule has 2 aromatic rings. The number of carbonyl (C=O) groups is 3. The highest BCUT2D eigenvalue weighted by molar-refractivity contribution is 6.05. The molecule has 0 aliphatic carbocycles. The van der Waals surface area contributed by atoms with Crippen molar-refractivity contribution in [3.8, 4) is 0 Å². The fourth-order valence-electron chi connectivity index (χ4n) is 3.48. The van der Waals surface area contributed by atoms with Gasteiger partial charge in [-0.15, -0.1) is 0 Å². The number of para-hydroxylation sites is 1. The van der Waals surface area contributed by atoms with E-state index in [1.54, 1.807) is 29.2 Å². The van der Waals surface area contributed by atoms with Crippen LogP contribution in [0.3, 0.4) is 0 Å². The Balaban J connectivity index is 1.63. The Morgan fingerprint density at radius 2 is 1.75 bits per heavy atom. The molecule has 1 aliphatic rings. The van der Waals surface area contributed by atoms with E-state index in [0.717, 1.165) is 18.4 Å². The first kappa shape index (κ1) is 19.6. The van der Waals surface area contributed by atoms with Crippen LogP contribution in [0.2, 0.25) is 0 Å². The van der Waals surface area contributed by atoms with Gasteiger partial charge in [-0.2, -0.15) is 0 Å². The van der Waals surface area contributed by atoms with Crippen LogP contribution in [-0.2, 0) is 16.0 Å². The maximum absolute atomic E-state index is 12.7. The summed E-state index contributed by atoms with van der Waals surface area (Å²) in [6, 6.07) is 16.4. The Bertz CT molecular complexity index is 851. The number of likely N-dealkylation sites (tertiary alicyclic amines) is 1. The van der Waals surface area contributed by atoms with Gasteiger partial charge in [-0.1, -0.05) is 42.5 Å². The van der Waals surface area contributed by atoms with E-state index in [-0.39, 0.29) is 17.7 Å². The number of nitrogens with one attached hydrogen (secondary N) is 2. The number of benzene rings is 2. The number of hydrogen-bond acceptors (Lipinski definition) is 3. The minimum Gasteiger partial charge on any atom is -0.352 e. The predicted molar refractivity (Wildman–Crippen MR) is 108 cm³/mol. The third-order valence-corrected chi connectivity index (χ3v) is 4.93. The van der Waals surface area contributed by atoms with E-state index in [4.69, 9.17) is 0 Å². The summed E-state index contributed by atoms with van der Waals surface area (Å²) in [4.78, 5) is 38.6. The second-order valence-electron chi connectivity index (χ2n) is 6.90. The van der Waals surface area contributed by atoms with Crippen molar-refractivity contribution in [2.75, 3.05) is 18.4 Å². The zero-order valence-electron chi connectivity index (χ0n) is 16.0. The number of carbonyl (C=O) groups excluding carboxylic acids is 3. The van der Waals surface area contributed by atoms with Crippen molar-refractivity contribution in [1.29, 1.82) is 0 Å². The number of anilines is 1. The first-order valence-corrected chi connectivity index (χ1v) is 9.55. The summed E-state index contributed by atoms with van der Waals surface area (Å²) in [5.41, 5.74) is 2.02. The van der Waals surface area contributed by atoms with Crippen LogP contribution in [0.1, 0.15) is 35.7 Å². The van der Waals surface area contributed by atoms with Gasteiger partial charge in [0.15, 0.2) is 0 Å². The molecule has 1 unspecified atom stereocenters. The topological polar surface area (TPSA) is 78.5 Å². The van der Waals surface area contributed by atoms with E-state index in [1.807, 2.05) is 30.3 Å². The molecule has 0 spiro atoms. The third-order valence-electron chi connectivity index (χ3n) is 4.93. The molecule has 3 amide bonds. The smallest absolute Gasteiger partial charge is 0.253 e. The summed E-state index contributed by atoms with van der Waals surface area (Å²) in [6.45, 7) is 2.57. The normalized spacial score (nSPS) is 15.9. The first-order valence-electron chi connectivity index (χ1n) is 9.55. The van der Waals surface area contributed by atoms with Crippen molar-refractivity contribution < 1.29 is 14.4 Å². The molecule has 1 heterocycles. The molecule has 146 valence electrons. The summed E-state index contributed by atoms with van der Waals surface area (Å²) >= 11 is 0. The highest BCUT2D eigenvalue weighted by atomic mass is 16.2. The number of amides is 3. The zero-order valence-corrected chi connectivity index (χ0v) is 16.0. The van der Waals surface area contributed by atoms with E-state index in [1.165, 1.54) is 6.92 Å². The molecule has 0 saturated carbocycles. The Kier molecular flexibility index (Phi) is 6.42. The van der Waals surface area contributed by atoms with Gasteiger partial charge in [0.2, 0.25) is 11.8 Å². The van der Waals surface area contributed by atoms with Crippen molar-refractivity contribution in [3.05, 3.63) is 65.7 Å². The molecular weight excluding hydrogens is 354 g/mol. The molecule has 0 radical (unpaired) electrons. The van der Waals surface area contributed by atoms with E-state index in [2.05, 4.69) is 10.6 Å². The fraction of sp³-hybridized carbons (Fsp3) is 0.318. The second kappa shape index (κ2) is 9.17. The first-order chi connectivity index (χ1) is 13.6. The van der Waals surface area contributed by atoms with Gasteiger partial charge in [-0.05, 0) is 37.0 Å². The predicted octanol–water partition coefficient (Wildman–Crippen LogP) is 2.61. The molecule has 0 aromatic heterocycles. The highest BCUT2D eigenvalue weighted by Crippen LogP contribution is 2.21. The van der Waals surface area contributed by atoms with Crippen molar-refractivity contribution in [2.24, 2.45) is 0 Å². The van der Waals surface area contributed by atoms with Gasteiger partial charge >= 0.3 is 0 Å². The van der Waals surface area contributed by atoms with E-state index in [0.29, 0.717) is 30.8 Å². The van der Waals surface area contributed by atoms with E-state index >= 15 is 0 Å². The lowest BCUT2D eigenvalue weighted by molar-refractivity contribution is -0.134. The van der Waals surface area contributed by atoms with E-state index < -0.39 is 6.04 Å². The monoisotopic (exact) mass is 379 g/mol. The zero-order chi connectivity index (χ0) is 19.9. The summed E-state index contributed by atoms with van der Waals surface area (Å²) in [5.74, 6) is -0.594. The van der Waals surface area contributed by atoms with Crippen LogP contribution in [0.4, 0.5) is 5.69 Å². The molecular formula is C22H25N3O3. The average molecular weight is 379 g/mol. The lowest BCUT2D eigenvalue weighted by atomic mass is 10.1. The number of hydrogen-bond donors (Lipinski definition) is 2. The molecule has 28 heavy (non-hydrogen) atoms. The van der Waals surface area contributed by atoms with Crippen LogP contribution in [0.25, 0.3) is 0 Å². The summed E-state index contributed by atoms with van der Waals surface area (Å²) in [5, 5.41) is 5.74. The molecule has 6 nitrogen and oxygen atoms in total. The second-order valence-corrected chi connectivity index (χ2v) is 6.90. The number of rotatable bonds is 6. The van der Waals surface area contributed by atoms with E-state index in [9.17, 15) is 14.4 Å². The summed E-state index contributed by atoms with van der Waals surface area (Å²) < 4.78 is 0. The van der Waals surface area contributed by atoms with Gasteiger partial charge in [0.05, 0.1) is 11.3 Å². The molecule has 2 aromatic carbocycles. The summed E-state index contributed by atoms with van der Waals surface area (Å²) in [7, 11) is 0. The van der Waals surface area contributed by atoms with Crippen LogP contribution >= 0.6 is 0 Å². The quantitative estimate of drug-likeness (QED) is 0.810. The molecule has 1 fully saturated rings. The van der Waals surface area contributed by atoms with Gasteiger partial charge in [-0.3, -0.25) is 14.4 Å². The average Bonchev–Trinajstić information content (AvgIpc) is 3.19. The van der Waals surface area contributed by atoms with Crippen LogP contribution in [0, 0.1) is 0 Å². The van der Waals surface area contributed by atoms with Gasteiger partial charge in [0.1, 0.15) is 6.04 Å². The Morgan fingerprint density at radius 3 is 2.50 bits per heavy atom. The Labute approximate surface area is 164 Å². The molecule has 1 aliphatic heterocycles. The molecule has 0 bridgehead atoms. The Morgan fingerprint density at radius 1 is 1.04 bits per heavy atom. The van der Waals surface area contributed by atoms with Gasteiger partial charge in [0, 0.05) is 20.0 Å². The fourth-order valence-corrected chi connectivity index (χ4v) is 3.48. The maximum atomic E-state index is 12.7. The Hall–Kier alpha value is -3.15.